The van der Waals surface area contributed by atoms with Crippen molar-refractivity contribution in [3.05, 3.63) is 53.2 Å². The van der Waals surface area contributed by atoms with Crippen LogP contribution in [0.15, 0.2) is 47.6 Å². The van der Waals surface area contributed by atoms with Crippen molar-refractivity contribution in [3.8, 4) is 5.69 Å². The van der Waals surface area contributed by atoms with E-state index in [-0.39, 0.29) is 10.6 Å². The standard InChI is InChI=1S/C14H13N3OS2/c1-16-13(18)12(20-14(16)19)7-10-8-15-17(9-10)11-5-3-2-4-6-11/h2-9,14,19H,1H3/b12-7-. The van der Waals surface area contributed by atoms with Crippen molar-refractivity contribution in [2.24, 2.45) is 0 Å². The van der Waals surface area contributed by atoms with Crippen LogP contribution in [-0.2, 0) is 4.79 Å². The first kappa shape index (κ1) is 13.3. The lowest BCUT2D eigenvalue weighted by Crippen LogP contribution is -2.23. The molecule has 1 unspecified atom stereocenters. The molecule has 1 aliphatic rings. The third kappa shape index (κ3) is 2.48. The Balaban J connectivity index is 1.87. The fourth-order valence-electron chi connectivity index (χ4n) is 1.90. The highest BCUT2D eigenvalue weighted by Crippen LogP contribution is 2.36. The van der Waals surface area contributed by atoms with Crippen molar-refractivity contribution in [1.29, 1.82) is 0 Å². The SMILES string of the molecule is CN1C(=O)/C(=C/c2cnn(-c3ccccc3)c2)SC1S. The summed E-state index contributed by atoms with van der Waals surface area (Å²) in [5.74, 6) is 0.00228. The van der Waals surface area contributed by atoms with Gasteiger partial charge in [-0.1, -0.05) is 30.0 Å². The Hall–Kier alpha value is -1.66. The maximum atomic E-state index is 12.0. The molecule has 4 nitrogen and oxygen atoms in total. The van der Waals surface area contributed by atoms with Crippen LogP contribution in [0, 0.1) is 0 Å². The zero-order valence-corrected chi connectivity index (χ0v) is 12.5. The summed E-state index contributed by atoms with van der Waals surface area (Å²) in [6.45, 7) is 0. The average molecular weight is 303 g/mol. The number of aromatic nitrogens is 2. The van der Waals surface area contributed by atoms with Gasteiger partial charge in [0, 0.05) is 18.8 Å². The summed E-state index contributed by atoms with van der Waals surface area (Å²) in [6, 6.07) is 9.86. The second-order valence-electron chi connectivity index (χ2n) is 4.42. The molecule has 1 fully saturated rings. The fraction of sp³-hybridized carbons (Fsp3) is 0.143. The van der Waals surface area contributed by atoms with Gasteiger partial charge in [-0.05, 0) is 18.2 Å². The van der Waals surface area contributed by atoms with E-state index in [1.807, 2.05) is 42.6 Å². The van der Waals surface area contributed by atoms with E-state index >= 15 is 0 Å². The molecule has 3 rings (SSSR count). The molecule has 0 saturated carbocycles. The normalized spacial score (nSPS) is 20.9. The van der Waals surface area contributed by atoms with Crippen LogP contribution < -0.4 is 0 Å². The van der Waals surface area contributed by atoms with Crippen LogP contribution in [0.2, 0.25) is 0 Å². The molecule has 1 atom stereocenters. The van der Waals surface area contributed by atoms with Gasteiger partial charge in [0.2, 0.25) is 0 Å². The summed E-state index contributed by atoms with van der Waals surface area (Å²) in [4.78, 5) is 14.3. The number of amides is 1. The van der Waals surface area contributed by atoms with E-state index in [2.05, 4.69) is 17.7 Å². The van der Waals surface area contributed by atoms with Crippen LogP contribution in [0.25, 0.3) is 11.8 Å². The third-order valence-corrected chi connectivity index (χ3v) is 4.75. The smallest absolute Gasteiger partial charge is 0.261 e. The minimum Gasteiger partial charge on any atom is -0.320 e. The fourth-order valence-corrected chi connectivity index (χ4v) is 3.27. The molecule has 0 aliphatic carbocycles. The number of benzene rings is 1. The number of hydrogen-bond acceptors (Lipinski definition) is 4. The molecule has 2 aromatic rings. The van der Waals surface area contributed by atoms with E-state index in [1.54, 1.807) is 22.8 Å². The Morgan fingerprint density at radius 3 is 2.75 bits per heavy atom. The molecule has 1 saturated heterocycles. The van der Waals surface area contributed by atoms with Crippen molar-refractivity contribution in [2.45, 2.75) is 4.71 Å². The molecule has 0 spiro atoms. The van der Waals surface area contributed by atoms with Crippen molar-refractivity contribution in [1.82, 2.24) is 14.7 Å². The van der Waals surface area contributed by atoms with Crippen molar-refractivity contribution < 1.29 is 4.79 Å². The van der Waals surface area contributed by atoms with Gasteiger partial charge in [0.15, 0.2) is 0 Å². The molecule has 20 heavy (non-hydrogen) atoms. The monoisotopic (exact) mass is 303 g/mol. The number of hydrogen-bond donors (Lipinski definition) is 1. The molecule has 2 heterocycles. The summed E-state index contributed by atoms with van der Waals surface area (Å²) in [5.41, 5.74) is 1.90. The summed E-state index contributed by atoms with van der Waals surface area (Å²) in [5, 5.41) is 4.31. The molecule has 1 amide bonds. The zero-order chi connectivity index (χ0) is 14.1. The number of carbonyl (C=O) groups is 1. The lowest BCUT2D eigenvalue weighted by molar-refractivity contribution is -0.123. The summed E-state index contributed by atoms with van der Waals surface area (Å²) >= 11 is 5.79. The number of para-hydroxylation sites is 1. The first-order valence-electron chi connectivity index (χ1n) is 6.09. The van der Waals surface area contributed by atoms with Gasteiger partial charge in [-0.25, -0.2) is 4.68 Å². The lowest BCUT2D eigenvalue weighted by atomic mass is 10.3. The van der Waals surface area contributed by atoms with Crippen LogP contribution in [0.1, 0.15) is 5.56 Å². The molecule has 1 aromatic heterocycles. The minimum atomic E-state index is -0.113. The first-order chi connectivity index (χ1) is 9.65. The van der Waals surface area contributed by atoms with Gasteiger partial charge in [-0.3, -0.25) is 4.79 Å². The van der Waals surface area contributed by atoms with Crippen molar-refractivity contribution in [3.63, 3.8) is 0 Å². The lowest BCUT2D eigenvalue weighted by Gasteiger charge is -2.10. The first-order valence-corrected chi connectivity index (χ1v) is 7.48. The van der Waals surface area contributed by atoms with E-state index in [0.29, 0.717) is 4.91 Å². The zero-order valence-electron chi connectivity index (χ0n) is 10.8. The van der Waals surface area contributed by atoms with Gasteiger partial charge >= 0.3 is 0 Å². The predicted octanol–water partition coefficient (Wildman–Crippen LogP) is 2.63. The van der Waals surface area contributed by atoms with E-state index in [9.17, 15) is 4.79 Å². The van der Waals surface area contributed by atoms with E-state index < -0.39 is 0 Å². The number of thioether (sulfide) groups is 1. The molecular weight excluding hydrogens is 290 g/mol. The van der Waals surface area contributed by atoms with Crippen LogP contribution >= 0.6 is 24.4 Å². The quantitative estimate of drug-likeness (QED) is 0.684. The molecular formula is C14H13N3OS2. The molecule has 6 heteroatoms. The van der Waals surface area contributed by atoms with Gasteiger partial charge in [-0.2, -0.15) is 5.10 Å². The van der Waals surface area contributed by atoms with Gasteiger partial charge in [0.25, 0.3) is 5.91 Å². The predicted molar refractivity (Wildman–Crippen MR) is 84.7 cm³/mol. The van der Waals surface area contributed by atoms with Gasteiger partial charge in [-0.15, -0.1) is 12.6 Å². The molecule has 0 radical (unpaired) electrons. The number of carbonyl (C=O) groups excluding carboxylic acids is 1. The Morgan fingerprint density at radius 2 is 2.10 bits per heavy atom. The summed E-state index contributed by atoms with van der Waals surface area (Å²) in [6.07, 6.45) is 5.51. The highest BCUT2D eigenvalue weighted by atomic mass is 32.2. The number of likely N-dealkylation sites (N-methyl/N-ethyl adjacent to an activating group) is 1. The summed E-state index contributed by atoms with van der Waals surface area (Å²) < 4.78 is 1.68. The van der Waals surface area contributed by atoms with Crippen LogP contribution in [0.3, 0.4) is 0 Å². The van der Waals surface area contributed by atoms with Gasteiger partial charge in [0.1, 0.15) is 4.71 Å². The molecule has 0 N–H and O–H groups in total. The van der Waals surface area contributed by atoms with E-state index in [1.165, 1.54) is 11.8 Å². The van der Waals surface area contributed by atoms with Crippen LogP contribution in [-0.4, -0.2) is 32.3 Å². The minimum absolute atomic E-state index is 0.00228. The van der Waals surface area contributed by atoms with Crippen molar-refractivity contribution >= 4 is 36.4 Å². The van der Waals surface area contributed by atoms with E-state index in [0.717, 1.165) is 11.3 Å². The molecule has 0 bridgehead atoms. The Bertz CT molecular complexity index is 666. The average Bonchev–Trinajstić information content (AvgIpc) is 3.02. The number of nitrogens with zero attached hydrogens (tertiary/aromatic N) is 3. The molecule has 1 aliphatic heterocycles. The second-order valence-corrected chi connectivity index (χ2v) is 6.38. The summed E-state index contributed by atoms with van der Waals surface area (Å²) in [7, 11) is 1.75. The third-order valence-electron chi connectivity index (χ3n) is 3.02. The largest absolute Gasteiger partial charge is 0.320 e. The van der Waals surface area contributed by atoms with E-state index in [4.69, 9.17) is 0 Å². The number of thiol groups is 1. The van der Waals surface area contributed by atoms with Gasteiger partial charge in [0.05, 0.1) is 16.8 Å². The molecule has 1 aromatic carbocycles. The second kappa shape index (κ2) is 5.38. The van der Waals surface area contributed by atoms with Crippen molar-refractivity contribution in [2.75, 3.05) is 7.05 Å². The maximum absolute atomic E-state index is 12.0. The number of rotatable bonds is 2. The van der Waals surface area contributed by atoms with Crippen LogP contribution in [0.5, 0.6) is 0 Å². The highest BCUT2D eigenvalue weighted by Gasteiger charge is 2.30. The maximum Gasteiger partial charge on any atom is 0.261 e. The topological polar surface area (TPSA) is 38.1 Å². The molecule has 102 valence electrons. The Kier molecular flexibility index (Phi) is 3.58. The highest BCUT2D eigenvalue weighted by molar-refractivity contribution is 8.14. The van der Waals surface area contributed by atoms with Gasteiger partial charge < -0.3 is 4.90 Å². The Labute approximate surface area is 126 Å². The Morgan fingerprint density at radius 1 is 1.35 bits per heavy atom. The van der Waals surface area contributed by atoms with Crippen LogP contribution in [0.4, 0.5) is 0 Å².